The first-order valence-corrected chi connectivity index (χ1v) is 7.64. The lowest BCUT2D eigenvalue weighted by Gasteiger charge is -2.23. The summed E-state index contributed by atoms with van der Waals surface area (Å²) in [6.07, 6.45) is -0.550. The molecule has 1 heterocycles. The van der Waals surface area contributed by atoms with E-state index in [9.17, 15) is 9.59 Å². The lowest BCUT2D eigenvalue weighted by molar-refractivity contribution is -0.128. The molecule has 0 spiro atoms. The average Bonchev–Trinajstić information content (AvgIpc) is 2.56. The molecular formula is C16H24ClN3O4. The van der Waals surface area contributed by atoms with Crippen LogP contribution in [0.2, 0.25) is 0 Å². The number of benzene rings is 1. The Labute approximate surface area is 148 Å². The highest BCUT2D eigenvalue weighted by Crippen LogP contribution is 2.26. The summed E-state index contributed by atoms with van der Waals surface area (Å²) >= 11 is 0. The first-order valence-electron chi connectivity index (χ1n) is 7.64. The highest BCUT2D eigenvalue weighted by molar-refractivity contribution is 5.99. The van der Waals surface area contributed by atoms with Crippen molar-refractivity contribution in [1.82, 2.24) is 10.2 Å². The van der Waals surface area contributed by atoms with Gasteiger partial charge in [0.05, 0.1) is 18.9 Å². The van der Waals surface area contributed by atoms with E-state index < -0.39 is 6.10 Å². The molecule has 0 aromatic heterocycles. The number of carbonyl (C=O) groups is 2. The highest BCUT2D eigenvalue weighted by atomic mass is 35.5. The quantitative estimate of drug-likeness (QED) is 0.826. The minimum atomic E-state index is -0.550. The summed E-state index contributed by atoms with van der Waals surface area (Å²) in [6, 6.07) is 5.00. The molecule has 1 aromatic rings. The number of nitrogens with one attached hydrogen (secondary N) is 2. The molecule has 2 N–H and O–H groups in total. The predicted molar refractivity (Wildman–Crippen MR) is 94.1 cm³/mol. The lowest BCUT2D eigenvalue weighted by atomic mass is 10.1. The first kappa shape index (κ1) is 20.2. The van der Waals surface area contributed by atoms with Crippen molar-refractivity contribution in [3.8, 4) is 5.75 Å². The first-order chi connectivity index (χ1) is 11.0. The molecule has 1 unspecified atom stereocenters. The van der Waals surface area contributed by atoms with Gasteiger partial charge in [-0.3, -0.25) is 9.59 Å². The van der Waals surface area contributed by atoms with Gasteiger partial charge in [0.2, 0.25) is 0 Å². The Morgan fingerprint density at radius 2 is 2.17 bits per heavy atom. The van der Waals surface area contributed by atoms with Crippen LogP contribution in [0.4, 0.5) is 5.69 Å². The van der Waals surface area contributed by atoms with Crippen LogP contribution in [0.15, 0.2) is 18.2 Å². The van der Waals surface area contributed by atoms with E-state index in [-0.39, 0.29) is 24.2 Å². The van der Waals surface area contributed by atoms with E-state index in [0.717, 1.165) is 6.54 Å². The second kappa shape index (κ2) is 9.46. The summed E-state index contributed by atoms with van der Waals surface area (Å²) in [5.41, 5.74) is 0.954. The van der Waals surface area contributed by atoms with Crippen molar-refractivity contribution >= 4 is 29.9 Å². The molecule has 1 atom stereocenters. The standard InChI is InChI=1S/C16H23N3O4.ClH/c1-4-22-13-6-5-11(16(21)19(2)3)9-12(13)18-15(20)14-10-17-7-8-23-14;/h5-6,9,14,17H,4,7-8,10H2,1-3H3,(H,18,20);1H. The normalized spacial score (nSPS) is 16.7. The number of carbonyl (C=O) groups excluding carboxylic acids is 2. The predicted octanol–water partition coefficient (Wildman–Crippen LogP) is 1.14. The molecule has 0 bridgehead atoms. The lowest BCUT2D eigenvalue weighted by Crippen LogP contribution is -2.45. The number of morpholine rings is 1. The molecule has 1 aromatic carbocycles. The Hall–Kier alpha value is -1.83. The van der Waals surface area contributed by atoms with Crippen molar-refractivity contribution in [2.75, 3.05) is 45.7 Å². The van der Waals surface area contributed by atoms with Gasteiger partial charge in [-0.05, 0) is 25.1 Å². The number of nitrogens with zero attached hydrogens (tertiary/aromatic N) is 1. The monoisotopic (exact) mass is 357 g/mol. The van der Waals surface area contributed by atoms with E-state index >= 15 is 0 Å². The molecular weight excluding hydrogens is 334 g/mol. The number of hydrogen-bond donors (Lipinski definition) is 2. The molecule has 0 aliphatic carbocycles. The number of halogens is 1. The summed E-state index contributed by atoms with van der Waals surface area (Å²) in [6.45, 7) is 4.02. The van der Waals surface area contributed by atoms with E-state index in [1.54, 1.807) is 32.3 Å². The van der Waals surface area contributed by atoms with E-state index in [4.69, 9.17) is 9.47 Å². The zero-order chi connectivity index (χ0) is 16.8. The second-order valence-corrected chi connectivity index (χ2v) is 5.40. The molecule has 8 heteroatoms. The summed E-state index contributed by atoms with van der Waals surface area (Å²) in [7, 11) is 3.36. The van der Waals surface area contributed by atoms with Gasteiger partial charge in [-0.15, -0.1) is 12.4 Å². The van der Waals surface area contributed by atoms with Crippen molar-refractivity contribution in [2.45, 2.75) is 13.0 Å². The van der Waals surface area contributed by atoms with Crippen molar-refractivity contribution in [1.29, 1.82) is 0 Å². The van der Waals surface area contributed by atoms with Crippen molar-refractivity contribution in [2.24, 2.45) is 0 Å². The summed E-state index contributed by atoms with van der Waals surface area (Å²) in [4.78, 5) is 25.9. The largest absolute Gasteiger partial charge is 0.492 e. The Morgan fingerprint density at radius 1 is 1.42 bits per heavy atom. The third-order valence-electron chi connectivity index (χ3n) is 3.41. The maximum absolute atomic E-state index is 12.3. The molecule has 2 rings (SSSR count). The van der Waals surface area contributed by atoms with Gasteiger partial charge in [0.1, 0.15) is 11.9 Å². The molecule has 0 radical (unpaired) electrons. The van der Waals surface area contributed by atoms with Crippen LogP contribution < -0.4 is 15.4 Å². The van der Waals surface area contributed by atoms with Crippen LogP contribution in [-0.2, 0) is 9.53 Å². The molecule has 1 saturated heterocycles. The Kier molecular flexibility index (Phi) is 7.97. The molecule has 0 saturated carbocycles. The average molecular weight is 358 g/mol. The van der Waals surface area contributed by atoms with Gasteiger partial charge in [0.25, 0.3) is 11.8 Å². The molecule has 2 amide bonds. The van der Waals surface area contributed by atoms with Crippen LogP contribution in [0.3, 0.4) is 0 Å². The molecule has 1 aliphatic rings. The molecule has 24 heavy (non-hydrogen) atoms. The van der Waals surface area contributed by atoms with Crippen LogP contribution in [0.25, 0.3) is 0 Å². The summed E-state index contributed by atoms with van der Waals surface area (Å²) < 4.78 is 11.0. The zero-order valence-corrected chi connectivity index (χ0v) is 14.9. The van der Waals surface area contributed by atoms with Gasteiger partial charge < -0.3 is 25.0 Å². The fourth-order valence-corrected chi connectivity index (χ4v) is 2.25. The van der Waals surface area contributed by atoms with Crippen molar-refractivity contribution in [3.05, 3.63) is 23.8 Å². The van der Waals surface area contributed by atoms with Gasteiger partial charge in [0, 0.05) is 32.7 Å². The number of hydrogen-bond acceptors (Lipinski definition) is 5. The Bertz CT molecular complexity index is 574. The maximum Gasteiger partial charge on any atom is 0.254 e. The van der Waals surface area contributed by atoms with E-state index in [1.165, 1.54) is 4.90 Å². The molecule has 1 aliphatic heterocycles. The van der Waals surface area contributed by atoms with E-state index in [0.29, 0.717) is 36.8 Å². The van der Waals surface area contributed by atoms with Crippen molar-refractivity contribution < 1.29 is 19.1 Å². The minimum Gasteiger partial charge on any atom is -0.492 e. The molecule has 134 valence electrons. The molecule has 1 fully saturated rings. The zero-order valence-electron chi connectivity index (χ0n) is 14.1. The second-order valence-electron chi connectivity index (χ2n) is 5.40. The maximum atomic E-state index is 12.3. The van der Waals surface area contributed by atoms with Gasteiger partial charge >= 0.3 is 0 Å². The van der Waals surface area contributed by atoms with Gasteiger partial charge in [-0.2, -0.15) is 0 Å². The van der Waals surface area contributed by atoms with Gasteiger partial charge in [-0.25, -0.2) is 0 Å². The fraction of sp³-hybridized carbons (Fsp3) is 0.500. The SMILES string of the molecule is CCOc1ccc(C(=O)N(C)C)cc1NC(=O)C1CNCCO1.Cl. The van der Waals surface area contributed by atoms with Crippen LogP contribution >= 0.6 is 12.4 Å². The third-order valence-corrected chi connectivity index (χ3v) is 3.41. The summed E-state index contributed by atoms with van der Waals surface area (Å²) in [5, 5.41) is 5.91. The number of ether oxygens (including phenoxy) is 2. The fourth-order valence-electron chi connectivity index (χ4n) is 2.25. The number of anilines is 1. The van der Waals surface area contributed by atoms with Crippen LogP contribution in [0, 0.1) is 0 Å². The van der Waals surface area contributed by atoms with E-state index in [2.05, 4.69) is 10.6 Å². The smallest absolute Gasteiger partial charge is 0.254 e. The van der Waals surface area contributed by atoms with Gasteiger partial charge in [-0.1, -0.05) is 0 Å². The number of rotatable bonds is 5. The van der Waals surface area contributed by atoms with E-state index in [1.807, 2.05) is 6.92 Å². The Balaban J connectivity index is 0.00000288. The Morgan fingerprint density at radius 3 is 2.75 bits per heavy atom. The molecule has 7 nitrogen and oxygen atoms in total. The highest BCUT2D eigenvalue weighted by Gasteiger charge is 2.23. The summed E-state index contributed by atoms with van der Waals surface area (Å²) in [5.74, 6) is 0.131. The van der Waals surface area contributed by atoms with Gasteiger partial charge in [0.15, 0.2) is 0 Å². The third kappa shape index (κ3) is 5.09. The minimum absolute atomic E-state index is 0. The van der Waals surface area contributed by atoms with Crippen LogP contribution in [0.5, 0.6) is 5.75 Å². The van der Waals surface area contributed by atoms with Crippen LogP contribution in [0.1, 0.15) is 17.3 Å². The van der Waals surface area contributed by atoms with Crippen LogP contribution in [-0.4, -0.2) is 63.2 Å². The van der Waals surface area contributed by atoms with Crippen molar-refractivity contribution in [3.63, 3.8) is 0 Å². The topological polar surface area (TPSA) is 79.9 Å². The number of amides is 2.